The number of amides is 4. The number of aliphatic hydroxyl groups excluding tert-OH is 1. The Bertz CT molecular complexity index is 1310. The third kappa shape index (κ3) is 10.9. The van der Waals surface area contributed by atoms with E-state index in [0.29, 0.717) is 28.8 Å². The second-order valence-corrected chi connectivity index (χ2v) is 11.9. The Hall–Kier alpha value is -4.33. The molecule has 7 N–H and O–H groups in total. The van der Waals surface area contributed by atoms with E-state index < -0.39 is 53.8 Å². The number of rotatable bonds is 17. The van der Waals surface area contributed by atoms with Gasteiger partial charge in [-0.15, -0.1) is 0 Å². The zero-order valence-corrected chi connectivity index (χ0v) is 26.9. The Morgan fingerprint density at radius 2 is 1.57 bits per heavy atom. The number of aliphatic hydroxyl groups is 1. The molecule has 0 unspecified atom stereocenters. The molecule has 1 aromatic heterocycles. The third-order valence-corrected chi connectivity index (χ3v) is 7.60. The van der Waals surface area contributed by atoms with Gasteiger partial charge in [0, 0.05) is 24.4 Å². The van der Waals surface area contributed by atoms with Crippen LogP contribution >= 0.6 is 0 Å². The first kappa shape index (κ1) is 37.9. The molecule has 0 radical (unpaired) electrons. The number of nitrogen functional groups attached to an aromatic ring is 1. The van der Waals surface area contributed by atoms with Crippen LogP contribution in [0.2, 0.25) is 0 Å². The molecule has 1 heterocycles. The number of nitrogens with one attached hydrogen (secondary N) is 4. The number of anilines is 1. The van der Waals surface area contributed by atoms with Gasteiger partial charge in [-0.2, -0.15) is 13.5 Å². The van der Waals surface area contributed by atoms with Crippen LogP contribution in [0.3, 0.4) is 0 Å². The molecule has 0 fully saturated rings. The number of hydrogen-bond donors (Lipinski definition) is 6. The largest absolute Gasteiger partial charge is 0.619 e. The van der Waals surface area contributed by atoms with Gasteiger partial charge in [-0.05, 0) is 42.4 Å². The summed E-state index contributed by atoms with van der Waals surface area (Å²) < 4.78 is 31.0. The maximum atomic E-state index is 15.2. The van der Waals surface area contributed by atoms with Gasteiger partial charge in [-0.3, -0.25) is 19.2 Å². The van der Waals surface area contributed by atoms with Crippen molar-refractivity contribution in [3.05, 3.63) is 65.1 Å². The molecule has 4 amide bonds. The lowest BCUT2D eigenvalue weighted by atomic mass is 9.94. The van der Waals surface area contributed by atoms with Crippen molar-refractivity contribution in [2.75, 3.05) is 5.73 Å². The van der Waals surface area contributed by atoms with Gasteiger partial charge in [0.05, 0.1) is 11.6 Å². The van der Waals surface area contributed by atoms with E-state index in [9.17, 15) is 29.5 Å². The van der Waals surface area contributed by atoms with Crippen molar-refractivity contribution in [3.8, 4) is 0 Å². The van der Waals surface area contributed by atoms with Crippen molar-refractivity contribution in [1.82, 2.24) is 21.3 Å². The van der Waals surface area contributed by atoms with Crippen molar-refractivity contribution < 1.29 is 37.8 Å². The summed E-state index contributed by atoms with van der Waals surface area (Å²) in [5.41, 5.74) is 6.76. The standard InChI is InChI=1S/C32H46F2N6O6/c1-6-8-24(37-30(44)26(20(5)7-2)39-28(42)22-13-15-40(46)16-14-22)29(43)38-25(17-19(3)4)27(41)32(33,34)31(45)36-18-21-9-11-23(35)12-10-21/h9-16,19-20,24-27,41H,6-8,17-18,35H2,1-5H3,(H,36,45)(H,37,44)(H,38,43)(H,39,42)/t20-,24-,25-,26-,27+/m0/s1. The van der Waals surface area contributed by atoms with E-state index in [4.69, 9.17) is 5.73 Å². The highest BCUT2D eigenvalue weighted by molar-refractivity contribution is 5.98. The average molecular weight is 649 g/mol. The molecule has 46 heavy (non-hydrogen) atoms. The van der Waals surface area contributed by atoms with E-state index in [-0.39, 0.29) is 36.8 Å². The van der Waals surface area contributed by atoms with Gasteiger partial charge in [0.25, 0.3) is 11.8 Å². The summed E-state index contributed by atoms with van der Waals surface area (Å²) in [7, 11) is 0. The Balaban J connectivity index is 2.19. The summed E-state index contributed by atoms with van der Waals surface area (Å²) in [5, 5.41) is 31.9. The molecule has 0 saturated carbocycles. The maximum absolute atomic E-state index is 15.2. The van der Waals surface area contributed by atoms with E-state index in [2.05, 4.69) is 21.3 Å². The highest BCUT2D eigenvalue weighted by atomic mass is 19.3. The summed E-state index contributed by atoms with van der Waals surface area (Å²) in [6.45, 7) is 8.51. The Kier molecular flexibility index (Phi) is 14.3. The van der Waals surface area contributed by atoms with Crippen LogP contribution in [0.5, 0.6) is 0 Å². The summed E-state index contributed by atoms with van der Waals surface area (Å²) in [6, 6.07) is 5.06. The molecule has 2 rings (SSSR count). The fourth-order valence-electron chi connectivity index (χ4n) is 4.69. The molecule has 0 spiro atoms. The minimum Gasteiger partial charge on any atom is -0.619 e. The quantitative estimate of drug-likeness (QED) is 0.0861. The molecule has 14 heteroatoms. The summed E-state index contributed by atoms with van der Waals surface area (Å²) >= 11 is 0. The first-order chi connectivity index (χ1) is 21.6. The fraction of sp³-hybridized carbons (Fsp3) is 0.531. The SMILES string of the molecule is CCC[C@H](NC(=O)[C@@H](NC(=O)c1cc[n+]([O-])cc1)[C@@H](C)CC)C(=O)N[C@@H](CC(C)C)[C@@H](O)C(F)(F)C(=O)NCc1ccc(N)cc1. The summed E-state index contributed by atoms with van der Waals surface area (Å²) in [5.74, 6) is -8.69. The van der Waals surface area contributed by atoms with Gasteiger partial charge in [-0.1, -0.05) is 59.6 Å². The molecule has 0 aliphatic rings. The fourth-order valence-corrected chi connectivity index (χ4v) is 4.69. The monoisotopic (exact) mass is 648 g/mol. The molecule has 0 aliphatic heterocycles. The van der Waals surface area contributed by atoms with Crippen LogP contribution < -0.4 is 31.7 Å². The van der Waals surface area contributed by atoms with E-state index in [1.54, 1.807) is 52.0 Å². The van der Waals surface area contributed by atoms with Crippen LogP contribution in [-0.4, -0.2) is 58.9 Å². The number of hydrogen-bond acceptors (Lipinski definition) is 7. The van der Waals surface area contributed by atoms with Gasteiger partial charge >= 0.3 is 5.92 Å². The van der Waals surface area contributed by atoms with Gasteiger partial charge in [0.1, 0.15) is 18.2 Å². The number of carbonyl (C=O) groups is 4. The summed E-state index contributed by atoms with van der Waals surface area (Å²) in [4.78, 5) is 52.2. The van der Waals surface area contributed by atoms with E-state index in [1.807, 2.05) is 6.92 Å². The van der Waals surface area contributed by atoms with Crippen molar-refractivity contribution in [2.45, 2.75) is 97.0 Å². The lowest BCUT2D eigenvalue weighted by Gasteiger charge is -2.32. The van der Waals surface area contributed by atoms with Gasteiger partial charge in [0.2, 0.25) is 11.8 Å². The predicted octanol–water partition coefficient (Wildman–Crippen LogP) is 2.18. The molecular weight excluding hydrogens is 602 g/mol. The Morgan fingerprint density at radius 3 is 2.11 bits per heavy atom. The molecule has 2 aromatic rings. The van der Waals surface area contributed by atoms with E-state index in [1.165, 1.54) is 12.1 Å². The lowest BCUT2D eigenvalue weighted by molar-refractivity contribution is -0.605. The van der Waals surface area contributed by atoms with Crippen LogP contribution in [0, 0.1) is 17.0 Å². The first-order valence-electron chi connectivity index (χ1n) is 15.4. The zero-order valence-electron chi connectivity index (χ0n) is 26.9. The third-order valence-electron chi connectivity index (χ3n) is 7.60. The normalized spacial score (nSPS) is 14.8. The molecule has 0 saturated heterocycles. The van der Waals surface area contributed by atoms with Crippen molar-refractivity contribution in [2.24, 2.45) is 11.8 Å². The summed E-state index contributed by atoms with van der Waals surface area (Å²) in [6.07, 6.45) is 0.675. The minimum atomic E-state index is -4.27. The Morgan fingerprint density at radius 1 is 0.957 bits per heavy atom. The molecular formula is C32H46F2N6O6. The molecule has 12 nitrogen and oxygen atoms in total. The topological polar surface area (TPSA) is 190 Å². The van der Waals surface area contributed by atoms with Crippen LogP contribution in [-0.2, 0) is 20.9 Å². The zero-order chi connectivity index (χ0) is 34.6. The number of halogens is 2. The van der Waals surface area contributed by atoms with Gasteiger partial charge in [-0.25, -0.2) is 0 Å². The minimum absolute atomic E-state index is 0.0908. The van der Waals surface area contributed by atoms with Crippen molar-refractivity contribution >= 4 is 29.3 Å². The second-order valence-electron chi connectivity index (χ2n) is 11.9. The average Bonchev–Trinajstić information content (AvgIpc) is 3.01. The highest BCUT2D eigenvalue weighted by Gasteiger charge is 2.50. The highest BCUT2D eigenvalue weighted by Crippen LogP contribution is 2.25. The number of alkyl halides is 2. The molecule has 254 valence electrons. The number of nitrogens with zero attached hydrogens (tertiary/aromatic N) is 1. The molecule has 5 atom stereocenters. The molecule has 0 aliphatic carbocycles. The number of benzene rings is 1. The molecule has 1 aromatic carbocycles. The first-order valence-corrected chi connectivity index (χ1v) is 15.4. The van der Waals surface area contributed by atoms with Crippen LogP contribution in [0.15, 0.2) is 48.8 Å². The van der Waals surface area contributed by atoms with Crippen LogP contribution in [0.1, 0.15) is 76.2 Å². The van der Waals surface area contributed by atoms with Gasteiger partial charge in [0.15, 0.2) is 12.4 Å². The number of carbonyl (C=O) groups excluding carboxylic acids is 4. The van der Waals surface area contributed by atoms with Crippen LogP contribution in [0.25, 0.3) is 0 Å². The smallest absolute Gasteiger partial charge is 0.351 e. The predicted molar refractivity (Wildman–Crippen MR) is 168 cm³/mol. The lowest BCUT2D eigenvalue weighted by Crippen LogP contribution is -2.61. The Labute approximate surface area is 268 Å². The maximum Gasteiger partial charge on any atom is 0.351 e. The van der Waals surface area contributed by atoms with Crippen molar-refractivity contribution in [1.29, 1.82) is 0 Å². The van der Waals surface area contributed by atoms with Crippen LogP contribution in [0.4, 0.5) is 14.5 Å². The number of pyridine rings is 1. The second kappa shape index (κ2) is 17.4. The number of aromatic nitrogens is 1. The molecule has 0 bridgehead atoms. The van der Waals surface area contributed by atoms with E-state index >= 15 is 8.78 Å². The van der Waals surface area contributed by atoms with E-state index in [0.717, 1.165) is 12.4 Å². The number of nitrogens with two attached hydrogens (primary N) is 1. The van der Waals surface area contributed by atoms with Gasteiger partial charge < -0.3 is 37.3 Å². The van der Waals surface area contributed by atoms with Crippen molar-refractivity contribution in [3.63, 3.8) is 0 Å².